The minimum atomic E-state index is -3.56. The van der Waals surface area contributed by atoms with Gasteiger partial charge in [0.05, 0.1) is 18.6 Å². The Labute approximate surface area is 135 Å². The summed E-state index contributed by atoms with van der Waals surface area (Å²) in [6.45, 7) is 2.87. The maximum Gasteiger partial charge on any atom is 0.407 e. The van der Waals surface area contributed by atoms with E-state index in [0.717, 1.165) is 0 Å². The molecule has 0 radical (unpaired) electrons. The third kappa shape index (κ3) is 2.88. The van der Waals surface area contributed by atoms with Crippen molar-refractivity contribution in [3.63, 3.8) is 0 Å². The molecule has 0 saturated carbocycles. The van der Waals surface area contributed by atoms with Crippen LogP contribution in [0.5, 0.6) is 5.75 Å². The van der Waals surface area contributed by atoms with E-state index in [1.54, 1.807) is 32.2 Å². The molecule has 2 saturated heterocycles. The van der Waals surface area contributed by atoms with E-state index in [9.17, 15) is 13.2 Å². The SMILES string of the molecule is COc1ccc(S(=O)(=O)N2CCC3(CC2)CNC(=O)O3)c(C)c1. The fourth-order valence-electron chi connectivity index (χ4n) is 3.09. The number of ether oxygens (including phenoxy) is 2. The number of carbonyl (C=O) groups is 1. The van der Waals surface area contributed by atoms with Crippen molar-refractivity contribution in [2.45, 2.75) is 30.3 Å². The number of hydrogen-bond donors (Lipinski definition) is 1. The van der Waals surface area contributed by atoms with Gasteiger partial charge in [-0.1, -0.05) is 0 Å². The second kappa shape index (κ2) is 5.68. The Morgan fingerprint density at radius 3 is 2.52 bits per heavy atom. The Balaban J connectivity index is 1.78. The average Bonchev–Trinajstić information content (AvgIpc) is 2.88. The highest BCUT2D eigenvalue weighted by atomic mass is 32.2. The van der Waals surface area contributed by atoms with Crippen molar-refractivity contribution in [2.75, 3.05) is 26.7 Å². The molecule has 126 valence electrons. The highest BCUT2D eigenvalue weighted by molar-refractivity contribution is 7.89. The fraction of sp³-hybridized carbons (Fsp3) is 0.533. The summed E-state index contributed by atoms with van der Waals surface area (Å²) in [5.74, 6) is 0.628. The molecule has 1 aromatic rings. The van der Waals surface area contributed by atoms with Crippen molar-refractivity contribution < 1.29 is 22.7 Å². The lowest BCUT2D eigenvalue weighted by molar-refractivity contribution is 0.0173. The summed E-state index contributed by atoms with van der Waals surface area (Å²) in [5, 5.41) is 2.64. The first-order valence-electron chi connectivity index (χ1n) is 7.48. The molecule has 0 aromatic heterocycles. The van der Waals surface area contributed by atoms with E-state index >= 15 is 0 Å². The molecule has 23 heavy (non-hydrogen) atoms. The summed E-state index contributed by atoms with van der Waals surface area (Å²) in [5.41, 5.74) is 0.0940. The first-order chi connectivity index (χ1) is 10.9. The van der Waals surface area contributed by atoms with Gasteiger partial charge in [-0.25, -0.2) is 13.2 Å². The third-order valence-electron chi connectivity index (χ3n) is 4.50. The van der Waals surface area contributed by atoms with Gasteiger partial charge in [-0.2, -0.15) is 4.31 Å². The number of rotatable bonds is 3. The topological polar surface area (TPSA) is 84.9 Å². The van der Waals surface area contributed by atoms with Crippen molar-refractivity contribution in [3.05, 3.63) is 23.8 Å². The van der Waals surface area contributed by atoms with E-state index in [1.165, 1.54) is 4.31 Å². The molecule has 7 nitrogen and oxygen atoms in total. The zero-order valence-corrected chi connectivity index (χ0v) is 14.0. The Morgan fingerprint density at radius 2 is 2.00 bits per heavy atom. The van der Waals surface area contributed by atoms with Gasteiger partial charge in [-0.05, 0) is 30.7 Å². The van der Waals surface area contributed by atoms with Crippen molar-refractivity contribution in [2.24, 2.45) is 0 Å². The summed E-state index contributed by atoms with van der Waals surface area (Å²) < 4.78 is 37.6. The molecule has 0 aliphatic carbocycles. The third-order valence-corrected chi connectivity index (χ3v) is 6.56. The molecule has 0 bridgehead atoms. The van der Waals surface area contributed by atoms with Crippen LogP contribution >= 0.6 is 0 Å². The van der Waals surface area contributed by atoms with Crippen LogP contribution in [0.2, 0.25) is 0 Å². The number of hydrogen-bond acceptors (Lipinski definition) is 5. The first-order valence-corrected chi connectivity index (χ1v) is 8.92. The number of piperidine rings is 1. The number of nitrogens with one attached hydrogen (secondary N) is 1. The van der Waals surface area contributed by atoms with Gasteiger partial charge in [0.1, 0.15) is 11.4 Å². The number of carbonyl (C=O) groups excluding carboxylic acids is 1. The normalized spacial score (nSPS) is 21.0. The monoisotopic (exact) mass is 340 g/mol. The Kier molecular flexibility index (Phi) is 3.97. The van der Waals surface area contributed by atoms with Gasteiger partial charge < -0.3 is 14.8 Å². The van der Waals surface area contributed by atoms with Gasteiger partial charge in [-0.3, -0.25) is 0 Å². The number of benzene rings is 1. The van der Waals surface area contributed by atoms with Gasteiger partial charge in [0.25, 0.3) is 0 Å². The van der Waals surface area contributed by atoms with Crippen molar-refractivity contribution >= 4 is 16.1 Å². The molecular formula is C15H20N2O5S. The zero-order valence-electron chi connectivity index (χ0n) is 13.2. The number of aryl methyl sites for hydroxylation is 1. The standard InChI is InChI=1S/C15H20N2O5S/c1-11-9-12(21-2)3-4-13(11)23(19,20)17-7-5-15(6-8-17)10-16-14(18)22-15/h3-4,9H,5-8,10H2,1-2H3,(H,16,18). The molecule has 0 atom stereocenters. The van der Waals surface area contributed by atoms with Crippen LogP contribution < -0.4 is 10.1 Å². The van der Waals surface area contributed by atoms with Gasteiger partial charge >= 0.3 is 6.09 Å². The summed E-state index contributed by atoms with van der Waals surface area (Å²) in [4.78, 5) is 11.5. The van der Waals surface area contributed by atoms with E-state index in [-0.39, 0.29) is 4.90 Å². The minimum absolute atomic E-state index is 0.288. The maximum atomic E-state index is 12.8. The van der Waals surface area contributed by atoms with Gasteiger partial charge in [-0.15, -0.1) is 0 Å². The zero-order chi connectivity index (χ0) is 16.7. The van der Waals surface area contributed by atoms with E-state index in [1.807, 2.05) is 0 Å². The fourth-order valence-corrected chi connectivity index (χ4v) is 4.74. The van der Waals surface area contributed by atoms with E-state index in [4.69, 9.17) is 9.47 Å². The quantitative estimate of drug-likeness (QED) is 0.895. The van der Waals surface area contributed by atoms with E-state index in [2.05, 4.69) is 5.32 Å². The predicted molar refractivity (Wildman–Crippen MR) is 82.9 cm³/mol. The number of amides is 1. The molecule has 2 aliphatic heterocycles. The molecule has 2 fully saturated rings. The van der Waals surface area contributed by atoms with Crippen molar-refractivity contribution in [1.82, 2.24) is 9.62 Å². The van der Waals surface area contributed by atoms with Crippen LogP contribution in [0.4, 0.5) is 4.79 Å². The summed E-state index contributed by atoms with van der Waals surface area (Å²) in [7, 11) is -2.01. The molecule has 1 spiro atoms. The summed E-state index contributed by atoms with van der Waals surface area (Å²) >= 11 is 0. The largest absolute Gasteiger partial charge is 0.497 e. The van der Waals surface area contributed by atoms with Crippen LogP contribution in [0.15, 0.2) is 23.1 Å². The maximum absolute atomic E-state index is 12.8. The number of alkyl carbamates (subject to hydrolysis) is 1. The minimum Gasteiger partial charge on any atom is -0.497 e. The lowest BCUT2D eigenvalue weighted by atomic mass is 9.93. The van der Waals surface area contributed by atoms with Crippen molar-refractivity contribution in [3.8, 4) is 5.75 Å². The number of sulfonamides is 1. The Hall–Kier alpha value is -1.80. The first kappa shape index (κ1) is 16.1. The van der Waals surface area contributed by atoms with Crippen LogP contribution in [-0.4, -0.2) is 51.2 Å². The molecule has 8 heteroatoms. The summed E-state index contributed by atoms with van der Waals surface area (Å²) in [6, 6.07) is 4.93. The molecule has 1 aromatic carbocycles. The smallest absolute Gasteiger partial charge is 0.407 e. The highest BCUT2D eigenvalue weighted by Gasteiger charge is 2.45. The molecule has 3 rings (SSSR count). The Bertz CT molecular complexity index is 723. The van der Waals surface area contributed by atoms with Crippen LogP contribution in [0.25, 0.3) is 0 Å². The van der Waals surface area contributed by atoms with Gasteiger partial charge in [0.15, 0.2) is 0 Å². The highest BCUT2D eigenvalue weighted by Crippen LogP contribution is 2.32. The molecule has 2 aliphatic rings. The van der Waals surface area contributed by atoms with Gasteiger partial charge in [0.2, 0.25) is 10.0 Å². The molecule has 0 unspecified atom stereocenters. The van der Waals surface area contributed by atoms with Crippen LogP contribution in [0.1, 0.15) is 18.4 Å². The molecule has 1 amide bonds. The second-order valence-electron chi connectivity index (χ2n) is 5.96. The van der Waals surface area contributed by atoms with Crippen LogP contribution in [-0.2, 0) is 14.8 Å². The van der Waals surface area contributed by atoms with E-state index in [0.29, 0.717) is 43.8 Å². The van der Waals surface area contributed by atoms with Gasteiger partial charge in [0, 0.05) is 25.9 Å². The van der Waals surface area contributed by atoms with E-state index < -0.39 is 21.7 Å². The molecule has 2 heterocycles. The van der Waals surface area contributed by atoms with Crippen molar-refractivity contribution in [1.29, 1.82) is 0 Å². The number of methoxy groups -OCH3 is 1. The summed E-state index contributed by atoms with van der Waals surface area (Å²) in [6.07, 6.45) is 0.577. The molecule has 1 N–H and O–H groups in total. The average molecular weight is 340 g/mol. The van der Waals surface area contributed by atoms with Crippen LogP contribution in [0.3, 0.4) is 0 Å². The Morgan fingerprint density at radius 1 is 1.30 bits per heavy atom. The van der Waals surface area contributed by atoms with Crippen LogP contribution in [0, 0.1) is 6.92 Å². The molecular weight excluding hydrogens is 320 g/mol. The lowest BCUT2D eigenvalue weighted by Crippen LogP contribution is -2.48. The number of nitrogens with zero attached hydrogens (tertiary/aromatic N) is 1. The second-order valence-corrected chi connectivity index (χ2v) is 7.87. The predicted octanol–water partition coefficient (Wildman–Crippen LogP) is 1.27. The lowest BCUT2D eigenvalue weighted by Gasteiger charge is -2.36.